The number of guanidine groups is 1. The summed E-state index contributed by atoms with van der Waals surface area (Å²) in [6, 6.07) is 18.4. The third kappa shape index (κ3) is 4.72. The van der Waals surface area contributed by atoms with Gasteiger partial charge in [-0.2, -0.15) is 5.10 Å². The average Bonchev–Trinajstić information content (AvgIpc) is 3.14. The van der Waals surface area contributed by atoms with Crippen LogP contribution in [0.3, 0.4) is 0 Å². The van der Waals surface area contributed by atoms with Gasteiger partial charge in [0.15, 0.2) is 5.96 Å². The van der Waals surface area contributed by atoms with Gasteiger partial charge >= 0.3 is 0 Å². The molecule has 1 aromatic heterocycles. The van der Waals surface area contributed by atoms with E-state index in [0.29, 0.717) is 18.4 Å². The number of nitrogens with one attached hydrogen (secondary N) is 1. The summed E-state index contributed by atoms with van der Waals surface area (Å²) >= 11 is 0. The highest BCUT2D eigenvalue weighted by Gasteiger charge is 2.04. The maximum atomic E-state index is 6.09. The normalized spacial score (nSPS) is 11.7. The second-order valence-corrected chi connectivity index (χ2v) is 6.58. The minimum atomic E-state index is 0.416. The zero-order valence-corrected chi connectivity index (χ0v) is 15.3. The lowest BCUT2D eigenvalue weighted by molar-refractivity contribution is 0.681. The lowest BCUT2D eigenvalue weighted by atomic mass is 10.0. The Kier molecular flexibility index (Phi) is 5.69. The Morgan fingerprint density at radius 1 is 1.12 bits per heavy atom. The van der Waals surface area contributed by atoms with Crippen LogP contribution in [-0.4, -0.2) is 15.7 Å². The van der Waals surface area contributed by atoms with Crippen molar-refractivity contribution in [2.75, 3.05) is 5.32 Å². The van der Waals surface area contributed by atoms with Crippen molar-refractivity contribution < 1.29 is 0 Å². The van der Waals surface area contributed by atoms with Crippen molar-refractivity contribution in [3.05, 3.63) is 83.7 Å². The van der Waals surface area contributed by atoms with Crippen LogP contribution in [-0.2, 0) is 13.1 Å². The predicted molar refractivity (Wildman–Crippen MR) is 107 cm³/mol. The largest absolute Gasteiger partial charge is 0.370 e. The van der Waals surface area contributed by atoms with Crippen molar-refractivity contribution in [1.29, 1.82) is 0 Å². The van der Waals surface area contributed by atoms with Gasteiger partial charge in [0.1, 0.15) is 0 Å². The third-order valence-corrected chi connectivity index (χ3v) is 4.26. The summed E-state index contributed by atoms with van der Waals surface area (Å²) in [4.78, 5) is 4.51. The summed E-state index contributed by atoms with van der Waals surface area (Å²) in [6.07, 6.45) is 3.74. The summed E-state index contributed by atoms with van der Waals surface area (Å²) in [5, 5.41) is 7.45. The summed E-state index contributed by atoms with van der Waals surface area (Å²) in [7, 11) is 0. The van der Waals surface area contributed by atoms with E-state index in [1.165, 1.54) is 11.1 Å². The van der Waals surface area contributed by atoms with Gasteiger partial charge in [0.05, 0.1) is 13.1 Å². The zero-order valence-electron chi connectivity index (χ0n) is 15.3. The number of nitrogens with two attached hydrogens (primary N) is 1. The number of hydrogen-bond acceptors (Lipinski definition) is 2. The Bertz CT molecular complexity index is 866. The minimum absolute atomic E-state index is 0.416. The molecule has 1 heterocycles. The molecular weight excluding hydrogens is 322 g/mol. The van der Waals surface area contributed by atoms with Crippen LogP contribution >= 0.6 is 0 Å². The van der Waals surface area contributed by atoms with E-state index < -0.39 is 0 Å². The first kappa shape index (κ1) is 17.7. The van der Waals surface area contributed by atoms with Crippen LogP contribution in [0.5, 0.6) is 0 Å². The van der Waals surface area contributed by atoms with Gasteiger partial charge in [-0.15, -0.1) is 0 Å². The molecular formula is C21H25N5. The smallest absolute Gasteiger partial charge is 0.193 e. The average molecular weight is 347 g/mol. The molecule has 0 aliphatic carbocycles. The van der Waals surface area contributed by atoms with Crippen LogP contribution in [0.2, 0.25) is 0 Å². The molecule has 3 N–H and O–H groups in total. The van der Waals surface area contributed by atoms with Crippen LogP contribution in [0.15, 0.2) is 72.0 Å². The van der Waals surface area contributed by atoms with Crippen LogP contribution in [0.25, 0.3) is 0 Å². The first-order chi connectivity index (χ1) is 12.6. The summed E-state index contributed by atoms with van der Waals surface area (Å²) in [5.74, 6) is 0.892. The van der Waals surface area contributed by atoms with E-state index in [-0.39, 0.29) is 0 Å². The SMILES string of the molecule is CC(C)c1cccc(NC(N)=NCc2ccccc2Cn2cccn2)c1. The van der Waals surface area contributed by atoms with Crippen molar-refractivity contribution in [3.8, 4) is 0 Å². The highest BCUT2D eigenvalue weighted by molar-refractivity contribution is 5.92. The number of nitrogens with zero attached hydrogens (tertiary/aromatic N) is 3. The van der Waals surface area contributed by atoms with Gasteiger partial charge in [0.25, 0.3) is 0 Å². The second-order valence-electron chi connectivity index (χ2n) is 6.58. The van der Waals surface area contributed by atoms with E-state index >= 15 is 0 Å². The van der Waals surface area contributed by atoms with E-state index in [1.54, 1.807) is 6.20 Å². The number of rotatable bonds is 6. The van der Waals surface area contributed by atoms with Crippen molar-refractivity contribution in [3.63, 3.8) is 0 Å². The van der Waals surface area contributed by atoms with Crippen molar-refractivity contribution in [1.82, 2.24) is 9.78 Å². The predicted octanol–water partition coefficient (Wildman–Crippen LogP) is 3.98. The molecule has 26 heavy (non-hydrogen) atoms. The molecule has 0 radical (unpaired) electrons. The molecule has 0 aliphatic heterocycles. The van der Waals surface area contributed by atoms with E-state index in [9.17, 15) is 0 Å². The topological polar surface area (TPSA) is 68.2 Å². The quantitative estimate of drug-likeness (QED) is 0.523. The summed E-state index contributed by atoms with van der Waals surface area (Å²) < 4.78 is 1.90. The Morgan fingerprint density at radius 2 is 1.92 bits per heavy atom. The van der Waals surface area contributed by atoms with E-state index in [2.05, 4.69) is 53.5 Å². The van der Waals surface area contributed by atoms with Gasteiger partial charge < -0.3 is 11.1 Å². The Labute approximate surface area is 154 Å². The molecule has 0 fully saturated rings. The molecule has 3 aromatic rings. The zero-order chi connectivity index (χ0) is 18.4. The molecule has 2 aromatic carbocycles. The molecule has 0 atom stereocenters. The molecule has 5 heteroatoms. The Hall–Kier alpha value is -3.08. The molecule has 0 unspecified atom stereocenters. The van der Waals surface area contributed by atoms with Crippen molar-refractivity contribution in [2.45, 2.75) is 32.9 Å². The molecule has 5 nitrogen and oxygen atoms in total. The van der Waals surface area contributed by atoms with Crippen LogP contribution in [0.1, 0.15) is 36.5 Å². The molecule has 0 bridgehead atoms. The van der Waals surface area contributed by atoms with E-state index in [0.717, 1.165) is 17.8 Å². The standard InChI is InChI=1S/C21H25N5/c1-16(2)17-9-5-10-20(13-17)25-21(22)23-14-18-7-3-4-8-19(18)15-26-12-6-11-24-26/h3-13,16H,14-15H2,1-2H3,(H3,22,23,25). The second kappa shape index (κ2) is 8.34. The highest BCUT2D eigenvalue weighted by atomic mass is 15.3. The fraction of sp³-hybridized carbons (Fsp3) is 0.238. The van der Waals surface area contributed by atoms with Gasteiger partial charge in [0.2, 0.25) is 0 Å². The number of benzene rings is 2. The summed E-state index contributed by atoms with van der Waals surface area (Å²) in [6.45, 7) is 5.60. The van der Waals surface area contributed by atoms with Crippen LogP contribution in [0.4, 0.5) is 5.69 Å². The Balaban J connectivity index is 1.68. The summed E-state index contributed by atoms with van der Waals surface area (Å²) in [5.41, 5.74) is 10.7. The van der Waals surface area contributed by atoms with Gasteiger partial charge in [-0.25, -0.2) is 4.99 Å². The van der Waals surface area contributed by atoms with Crippen LogP contribution in [0, 0.1) is 0 Å². The highest BCUT2D eigenvalue weighted by Crippen LogP contribution is 2.18. The Morgan fingerprint density at radius 3 is 2.65 bits per heavy atom. The van der Waals surface area contributed by atoms with Gasteiger partial charge in [-0.1, -0.05) is 50.2 Å². The van der Waals surface area contributed by atoms with Gasteiger partial charge in [-0.3, -0.25) is 4.68 Å². The first-order valence-corrected chi connectivity index (χ1v) is 8.83. The molecule has 0 aliphatic rings. The lowest BCUT2D eigenvalue weighted by Gasteiger charge is -2.11. The van der Waals surface area contributed by atoms with Crippen molar-refractivity contribution >= 4 is 11.6 Å². The molecule has 0 spiro atoms. The molecule has 3 rings (SSSR count). The molecule has 0 amide bonds. The van der Waals surface area contributed by atoms with Gasteiger partial charge in [-0.05, 0) is 40.8 Å². The molecule has 0 saturated heterocycles. The van der Waals surface area contributed by atoms with Crippen molar-refractivity contribution in [2.24, 2.45) is 10.7 Å². The molecule has 0 saturated carbocycles. The fourth-order valence-electron chi connectivity index (χ4n) is 2.77. The number of anilines is 1. The fourth-order valence-corrected chi connectivity index (χ4v) is 2.77. The van der Waals surface area contributed by atoms with E-state index in [4.69, 9.17) is 5.73 Å². The van der Waals surface area contributed by atoms with E-state index in [1.807, 2.05) is 41.2 Å². The lowest BCUT2D eigenvalue weighted by Crippen LogP contribution is -2.22. The maximum Gasteiger partial charge on any atom is 0.193 e. The number of aromatic nitrogens is 2. The minimum Gasteiger partial charge on any atom is -0.370 e. The first-order valence-electron chi connectivity index (χ1n) is 8.83. The maximum absolute atomic E-state index is 6.09. The number of aliphatic imine (C=N–C) groups is 1. The van der Waals surface area contributed by atoms with Crippen LogP contribution < -0.4 is 11.1 Å². The molecule has 134 valence electrons. The number of hydrogen-bond donors (Lipinski definition) is 2. The van der Waals surface area contributed by atoms with Gasteiger partial charge in [0, 0.05) is 18.1 Å². The third-order valence-electron chi connectivity index (χ3n) is 4.26. The monoisotopic (exact) mass is 347 g/mol.